The summed E-state index contributed by atoms with van der Waals surface area (Å²) in [5.41, 5.74) is -0.142. The fourth-order valence-corrected chi connectivity index (χ4v) is 3.35. The number of carbonyl (C=O) groups excluding carboxylic acids is 1. The maximum absolute atomic E-state index is 12.0. The number of carbonyl (C=O) groups is 1. The van der Waals surface area contributed by atoms with Gasteiger partial charge in [0.1, 0.15) is 10.6 Å². The number of para-hydroxylation sites is 1. The van der Waals surface area contributed by atoms with Gasteiger partial charge in [-0.05, 0) is 24.3 Å². The van der Waals surface area contributed by atoms with Crippen molar-refractivity contribution < 1.29 is 18.1 Å². The number of nitro groups is 1. The first-order chi connectivity index (χ1) is 12.2. The highest BCUT2D eigenvalue weighted by Crippen LogP contribution is 2.31. The molecule has 138 valence electrons. The number of nitrogens with zero attached hydrogens (tertiary/aromatic N) is 1. The maximum atomic E-state index is 12.0. The second-order valence-corrected chi connectivity index (χ2v) is 7.74. The number of benzene rings is 2. The highest BCUT2D eigenvalue weighted by Gasteiger charge is 2.25. The number of sulfone groups is 1. The van der Waals surface area contributed by atoms with Crippen LogP contribution in [0.15, 0.2) is 47.4 Å². The summed E-state index contributed by atoms with van der Waals surface area (Å²) < 4.78 is 23.4. The van der Waals surface area contributed by atoms with Crippen molar-refractivity contribution in [3.8, 4) is 0 Å². The van der Waals surface area contributed by atoms with E-state index in [1.54, 1.807) is 24.3 Å². The molecule has 26 heavy (non-hydrogen) atoms. The van der Waals surface area contributed by atoms with Crippen LogP contribution < -0.4 is 10.6 Å². The molecular formula is C16H16ClN3O5S. The number of amides is 1. The first kappa shape index (κ1) is 19.7. The predicted octanol–water partition coefficient (Wildman–Crippen LogP) is 2.49. The molecule has 0 aliphatic carbocycles. The van der Waals surface area contributed by atoms with E-state index < -0.39 is 20.4 Å². The molecular weight excluding hydrogens is 382 g/mol. The summed E-state index contributed by atoms with van der Waals surface area (Å²) in [6.07, 6.45) is 0.906. The zero-order valence-corrected chi connectivity index (χ0v) is 15.3. The van der Waals surface area contributed by atoms with Crippen LogP contribution in [0, 0.1) is 10.1 Å². The van der Waals surface area contributed by atoms with E-state index in [9.17, 15) is 23.3 Å². The first-order valence-corrected chi connectivity index (χ1v) is 9.73. The fraction of sp³-hybridized carbons (Fsp3) is 0.188. The van der Waals surface area contributed by atoms with Crippen molar-refractivity contribution in [2.24, 2.45) is 0 Å². The van der Waals surface area contributed by atoms with Gasteiger partial charge in [-0.2, -0.15) is 0 Å². The van der Waals surface area contributed by atoms with Gasteiger partial charge >= 0.3 is 5.69 Å². The molecule has 0 spiro atoms. The molecule has 8 nitrogen and oxygen atoms in total. The summed E-state index contributed by atoms with van der Waals surface area (Å²) in [5, 5.41) is 17.0. The lowest BCUT2D eigenvalue weighted by molar-refractivity contribution is -0.386. The van der Waals surface area contributed by atoms with Crippen molar-refractivity contribution in [3.63, 3.8) is 0 Å². The van der Waals surface area contributed by atoms with Crippen LogP contribution in [0.2, 0.25) is 5.02 Å². The van der Waals surface area contributed by atoms with Gasteiger partial charge in [-0.1, -0.05) is 29.8 Å². The summed E-state index contributed by atoms with van der Waals surface area (Å²) in [4.78, 5) is 22.2. The molecule has 2 N–H and O–H groups in total. The third kappa shape index (κ3) is 4.70. The summed E-state index contributed by atoms with van der Waals surface area (Å²) in [7, 11) is -3.75. The van der Waals surface area contributed by atoms with E-state index in [2.05, 4.69) is 10.6 Å². The van der Waals surface area contributed by atoms with E-state index in [1.807, 2.05) is 0 Å². The minimum Gasteiger partial charge on any atom is -0.378 e. The van der Waals surface area contributed by atoms with Crippen molar-refractivity contribution in [1.29, 1.82) is 0 Å². The molecule has 2 aromatic rings. The molecule has 0 saturated carbocycles. The smallest absolute Gasteiger partial charge is 0.310 e. The minimum absolute atomic E-state index is 0.0601. The lowest BCUT2D eigenvalue weighted by Crippen LogP contribution is -2.29. The standard InChI is InChI=1S/C16H16ClN3O5S/c1-26(24,25)14-8-4-7-13(15(14)20(22)23)18-9-10-19-16(21)11-5-2-3-6-12(11)17/h2-8,18H,9-10H2,1H3,(H,19,21). The molecule has 0 atom stereocenters. The molecule has 0 unspecified atom stereocenters. The summed E-state index contributed by atoms with van der Waals surface area (Å²) in [5.74, 6) is -0.378. The topological polar surface area (TPSA) is 118 Å². The van der Waals surface area contributed by atoms with Gasteiger partial charge in [0.2, 0.25) is 0 Å². The quantitative estimate of drug-likeness (QED) is 0.421. The third-order valence-corrected chi connectivity index (χ3v) is 4.88. The zero-order chi connectivity index (χ0) is 19.3. The molecule has 2 aromatic carbocycles. The number of rotatable bonds is 7. The van der Waals surface area contributed by atoms with Crippen molar-refractivity contribution in [2.75, 3.05) is 24.7 Å². The molecule has 0 bridgehead atoms. The van der Waals surface area contributed by atoms with Gasteiger partial charge in [0.05, 0.1) is 15.5 Å². The van der Waals surface area contributed by atoms with E-state index in [1.165, 1.54) is 18.2 Å². The monoisotopic (exact) mass is 397 g/mol. The number of halogens is 1. The van der Waals surface area contributed by atoms with Crippen LogP contribution in [0.5, 0.6) is 0 Å². The number of hydrogen-bond donors (Lipinski definition) is 2. The molecule has 10 heteroatoms. The van der Waals surface area contributed by atoms with Crippen LogP contribution in [0.25, 0.3) is 0 Å². The normalized spacial score (nSPS) is 11.0. The Bertz CT molecular complexity index is 947. The van der Waals surface area contributed by atoms with E-state index in [4.69, 9.17) is 11.6 Å². The zero-order valence-electron chi connectivity index (χ0n) is 13.7. The third-order valence-electron chi connectivity index (χ3n) is 3.43. The van der Waals surface area contributed by atoms with Crippen molar-refractivity contribution >= 4 is 38.7 Å². The molecule has 0 aromatic heterocycles. The van der Waals surface area contributed by atoms with Gasteiger partial charge in [-0.15, -0.1) is 0 Å². The van der Waals surface area contributed by atoms with Crippen LogP contribution >= 0.6 is 11.6 Å². The van der Waals surface area contributed by atoms with E-state index in [0.717, 1.165) is 6.26 Å². The number of anilines is 1. The highest BCUT2D eigenvalue weighted by atomic mass is 35.5. The van der Waals surface area contributed by atoms with Gasteiger partial charge in [-0.3, -0.25) is 14.9 Å². The second kappa shape index (κ2) is 8.15. The molecule has 1 amide bonds. The van der Waals surface area contributed by atoms with Crippen LogP contribution in [0.3, 0.4) is 0 Å². The Morgan fingerprint density at radius 2 is 1.85 bits per heavy atom. The average molecular weight is 398 g/mol. The van der Waals surface area contributed by atoms with Crippen LogP contribution in [-0.2, 0) is 9.84 Å². The van der Waals surface area contributed by atoms with Gasteiger partial charge in [-0.25, -0.2) is 8.42 Å². The van der Waals surface area contributed by atoms with Gasteiger partial charge < -0.3 is 10.6 Å². The molecule has 0 radical (unpaired) electrons. The Hall–Kier alpha value is -2.65. The van der Waals surface area contributed by atoms with E-state index >= 15 is 0 Å². The minimum atomic E-state index is -3.75. The summed E-state index contributed by atoms with van der Waals surface area (Å²) >= 11 is 5.94. The van der Waals surface area contributed by atoms with Crippen LogP contribution in [0.4, 0.5) is 11.4 Å². The number of nitro benzene ring substituents is 1. The summed E-state index contributed by atoms with van der Waals surface area (Å²) in [6, 6.07) is 10.5. The van der Waals surface area contributed by atoms with Crippen molar-refractivity contribution in [2.45, 2.75) is 4.90 Å². The summed E-state index contributed by atoms with van der Waals surface area (Å²) in [6.45, 7) is 0.314. The Balaban J connectivity index is 2.05. The average Bonchev–Trinajstić information content (AvgIpc) is 2.57. The van der Waals surface area contributed by atoms with E-state index in [0.29, 0.717) is 10.6 Å². The maximum Gasteiger partial charge on any atom is 0.310 e. The lowest BCUT2D eigenvalue weighted by Gasteiger charge is -2.10. The molecule has 0 heterocycles. The van der Waals surface area contributed by atoms with Gasteiger partial charge in [0, 0.05) is 19.3 Å². The van der Waals surface area contributed by atoms with Crippen LogP contribution in [0.1, 0.15) is 10.4 Å². The molecule has 0 saturated heterocycles. The fourth-order valence-electron chi connectivity index (χ4n) is 2.27. The molecule has 2 rings (SSSR count). The second-order valence-electron chi connectivity index (χ2n) is 5.34. The molecule has 0 fully saturated rings. The number of hydrogen-bond acceptors (Lipinski definition) is 6. The van der Waals surface area contributed by atoms with Crippen molar-refractivity contribution in [1.82, 2.24) is 5.32 Å². The van der Waals surface area contributed by atoms with Gasteiger partial charge in [0.25, 0.3) is 5.91 Å². The lowest BCUT2D eigenvalue weighted by atomic mass is 10.2. The Morgan fingerprint density at radius 3 is 2.46 bits per heavy atom. The van der Waals surface area contributed by atoms with Crippen molar-refractivity contribution in [3.05, 3.63) is 63.2 Å². The Morgan fingerprint density at radius 1 is 1.15 bits per heavy atom. The number of nitrogens with one attached hydrogen (secondary N) is 2. The van der Waals surface area contributed by atoms with Gasteiger partial charge in [0.15, 0.2) is 9.84 Å². The molecule has 0 aliphatic rings. The van der Waals surface area contributed by atoms with Crippen LogP contribution in [-0.4, -0.2) is 38.6 Å². The first-order valence-electron chi connectivity index (χ1n) is 7.46. The Kier molecular flexibility index (Phi) is 6.17. The Labute approximate surface area is 155 Å². The van der Waals surface area contributed by atoms with E-state index in [-0.39, 0.29) is 29.6 Å². The largest absolute Gasteiger partial charge is 0.378 e. The molecule has 0 aliphatic heterocycles. The predicted molar refractivity (Wildman–Crippen MR) is 98.5 cm³/mol. The SMILES string of the molecule is CS(=O)(=O)c1cccc(NCCNC(=O)c2ccccc2Cl)c1[N+](=O)[O-]. The highest BCUT2D eigenvalue weighted by molar-refractivity contribution is 7.90.